The zero-order valence-electron chi connectivity index (χ0n) is 14.0. The highest BCUT2D eigenvalue weighted by atomic mass is 16.3. The highest BCUT2D eigenvalue weighted by Crippen LogP contribution is 2.16. The Morgan fingerprint density at radius 1 is 1.35 bits per heavy atom. The van der Waals surface area contributed by atoms with Gasteiger partial charge in [-0.1, -0.05) is 29.8 Å². The van der Waals surface area contributed by atoms with Gasteiger partial charge in [0, 0.05) is 18.7 Å². The number of unbranched alkanes of at least 4 members (excludes halogenated alkanes) is 1. The molecule has 1 aliphatic rings. The van der Waals surface area contributed by atoms with E-state index in [-0.39, 0.29) is 12.5 Å². The van der Waals surface area contributed by atoms with Crippen LogP contribution >= 0.6 is 0 Å². The molecule has 0 radical (unpaired) electrons. The summed E-state index contributed by atoms with van der Waals surface area (Å²) in [7, 11) is 0. The van der Waals surface area contributed by atoms with Gasteiger partial charge >= 0.3 is 0 Å². The highest BCUT2D eigenvalue weighted by Gasteiger charge is 2.22. The number of nitrogens with one attached hydrogen (secondary N) is 1. The van der Waals surface area contributed by atoms with E-state index in [0.717, 1.165) is 37.9 Å². The number of aliphatic hydroxyl groups is 1. The monoisotopic (exact) mass is 316 g/mol. The van der Waals surface area contributed by atoms with Gasteiger partial charge in [0.1, 0.15) is 0 Å². The van der Waals surface area contributed by atoms with Crippen LogP contribution in [0.5, 0.6) is 0 Å². The maximum Gasteiger partial charge on any atom is 0.243 e. The summed E-state index contributed by atoms with van der Waals surface area (Å²) < 4.78 is 0. The smallest absolute Gasteiger partial charge is 0.243 e. The first-order chi connectivity index (χ1) is 11.2. The molecule has 1 aromatic carbocycles. The normalized spacial score (nSPS) is 18.6. The second-order valence-electron chi connectivity index (χ2n) is 6.26. The molecule has 126 valence electrons. The van der Waals surface area contributed by atoms with Crippen molar-refractivity contribution >= 4 is 12.0 Å². The minimum absolute atomic E-state index is 0.0417. The Hall–Kier alpha value is -1.65. The van der Waals surface area contributed by atoms with Crippen LogP contribution in [0.3, 0.4) is 0 Å². The molecule has 0 bridgehead atoms. The van der Waals surface area contributed by atoms with E-state index in [1.54, 1.807) is 6.08 Å². The lowest BCUT2D eigenvalue weighted by atomic mass is 10.1. The third-order valence-electron chi connectivity index (χ3n) is 4.39. The molecule has 1 saturated heterocycles. The zero-order valence-corrected chi connectivity index (χ0v) is 14.0. The largest absolute Gasteiger partial charge is 0.395 e. The molecule has 1 unspecified atom stereocenters. The molecule has 0 aromatic heterocycles. The number of carbonyl (C=O) groups is 1. The molecule has 4 heteroatoms. The fourth-order valence-corrected chi connectivity index (χ4v) is 2.96. The second kappa shape index (κ2) is 9.48. The number of aliphatic hydroxyl groups excluding tert-OH is 1. The van der Waals surface area contributed by atoms with Gasteiger partial charge in [0.25, 0.3) is 0 Å². The van der Waals surface area contributed by atoms with Crippen LogP contribution in [-0.4, -0.2) is 48.2 Å². The van der Waals surface area contributed by atoms with Crippen molar-refractivity contribution < 1.29 is 9.90 Å². The minimum atomic E-state index is -0.0417. The standard InChI is InChI=1S/C19H28N2O2/c1-16-6-8-17(9-7-16)10-11-19(23)20-12-2-3-13-21-14-4-5-18(21)15-22/h6-11,18,22H,2-5,12-15H2,1H3,(H,20,23)/b11-10+. The minimum Gasteiger partial charge on any atom is -0.395 e. The molecule has 0 spiro atoms. The number of amides is 1. The number of aryl methyl sites for hydroxylation is 1. The molecule has 1 fully saturated rings. The SMILES string of the molecule is Cc1ccc(/C=C/C(=O)NCCCCN2CCCC2CO)cc1. The molecule has 23 heavy (non-hydrogen) atoms. The fraction of sp³-hybridized carbons (Fsp3) is 0.526. The maximum atomic E-state index is 11.8. The van der Waals surface area contributed by atoms with Crippen LogP contribution in [0, 0.1) is 6.92 Å². The van der Waals surface area contributed by atoms with Crippen LogP contribution < -0.4 is 5.32 Å². The van der Waals surface area contributed by atoms with E-state index in [1.165, 1.54) is 12.0 Å². The van der Waals surface area contributed by atoms with E-state index in [0.29, 0.717) is 12.6 Å². The van der Waals surface area contributed by atoms with Crippen molar-refractivity contribution in [1.29, 1.82) is 0 Å². The van der Waals surface area contributed by atoms with E-state index in [2.05, 4.69) is 10.2 Å². The lowest BCUT2D eigenvalue weighted by Gasteiger charge is -2.22. The third kappa shape index (κ3) is 6.16. The highest BCUT2D eigenvalue weighted by molar-refractivity contribution is 5.91. The average Bonchev–Trinajstić information content (AvgIpc) is 3.01. The first-order valence-electron chi connectivity index (χ1n) is 8.56. The summed E-state index contributed by atoms with van der Waals surface area (Å²) in [4.78, 5) is 14.1. The number of carbonyl (C=O) groups excluding carboxylic acids is 1. The average molecular weight is 316 g/mol. The van der Waals surface area contributed by atoms with Gasteiger partial charge in [-0.05, 0) is 57.3 Å². The lowest BCUT2D eigenvalue weighted by Crippen LogP contribution is -2.33. The second-order valence-corrected chi connectivity index (χ2v) is 6.26. The predicted octanol–water partition coefficient (Wildman–Crippen LogP) is 2.36. The van der Waals surface area contributed by atoms with Crippen LogP contribution in [-0.2, 0) is 4.79 Å². The van der Waals surface area contributed by atoms with E-state index in [9.17, 15) is 9.90 Å². The van der Waals surface area contributed by atoms with E-state index in [4.69, 9.17) is 0 Å². The van der Waals surface area contributed by atoms with Gasteiger partial charge in [-0.15, -0.1) is 0 Å². The van der Waals surface area contributed by atoms with Crippen molar-refractivity contribution in [3.05, 3.63) is 41.5 Å². The van der Waals surface area contributed by atoms with Gasteiger partial charge in [-0.25, -0.2) is 0 Å². The summed E-state index contributed by atoms with van der Waals surface area (Å²) in [6.07, 6.45) is 7.75. The zero-order chi connectivity index (χ0) is 16.5. The van der Waals surface area contributed by atoms with Crippen molar-refractivity contribution in [3.8, 4) is 0 Å². The Morgan fingerprint density at radius 3 is 2.87 bits per heavy atom. The molecule has 1 atom stereocenters. The summed E-state index contributed by atoms with van der Waals surface area (Å²) >= 11 is 0. The Morgan fingerprint density at radius 2 is 2.13 bits per heavy atom. The molecule has 2 rings (SSSR count). The van der Waals surface area contributed by atoms with E-state index in [1.807, 2.05) is 37.3 Å². The quantitative estimate of drug-likeness (QED) is 0.572. The Balaban J connectivity index is 1.58. The van der Waals surface area contributed by atoms with Crippen molar-refractivity contribution in [2.45, 2.75) is 38.6 Å². The van der Waals surface area contributed by atoms with Gasteiger partial charge in [0.2, 0.25) is 5.91 Å². The van der Waals surface area contributed by atoms with Crippen LogP contribution in [0.4, 0.5) is 0 Å². The number of hydrogen-bond donors (Lipinski definition) is 2. The number of nitrogens with zero attached hydrogens (tertiary/aromatic N) is 1. The molecule has 1 amide bonds. The Labute approximate surface area is 139 Å². The van der Waals surface area contributed by atoms with Gasteiger partial charge in [0.05, 0.1) is 6.61 Å². The Kier molecular flexibility index (Phi) is 7.30. The molecule has 1 heterocycles. The van der Waals surface area contributed by atoms with Crippen molar-refractivity contribution in [2.75, 3.05) is 26.2 Å². The molecule has 2 N–H and O–H groups in total. The molecule has 1 aliphatic heterocycles. The summed E-state index contributed by atoms with van der Waals surface area (Å²) in [5.74, 6) is -0.0417. The predicted molar refractivity (Wildman–Crippen MR) is 94.1 cm³/mol. The third-order valence-corrected chi connectivity index (χ3v) is 4.39. The first-order valence-corrected chi connectivity index (χ1v) is 8.56. The van der Waals surface area contributed by atoms with Crippen LogP contribution in [0.2, 0.25) is 0 Å². The topological polar surface area (TPSA) is 52.6 Å². The molecule has 4 nitrogen and oxygen atoms in total. The summed E-state index contributed by atoms with van der Waals surface area (Å²) in [5, 5.41) is 12.2. The number of likely N-dealkylation sites (tertiary alicyclic amines) is 1. The van der Waals surface area contributed by atoms with Crippen molar-refractivity contribution in [3.63, 3.8) is 0 Å². The van der Waals surface area contributed by atoms with E-state index < -0.39 is 0 Å². The van der Waals surface area contributed by atoms with Crippen molar-refractivity contribution in [2.24, 2.45) is 0 Å². The van der Waals surface area contributed by atoms with Gasteiger partial charge in [-0.3, -0.25) is 9.69 Å². The summed E-state index contributed by atoms with van der Waals surface area (Å²) in [5.41, 5.74) is 2.25. The molecule has 0 aliphatic carbocycles. The lowest BCUT2D eigenvalue weighted by molar-refractivity contribution is -0.116. The molecule has 1 aromatic rings. The molecular weight excluding hydrogens is 288 g/mol. The van der Waals surface area contributed by atoms with Gasteiger partial charge < -0.3 is 10.4 Å². The van der Waals surface area contributed by atoms with Crippen LogP contribution in [0.15, 0.2) is 30.3 Å². The van der Waals surface area contributed by atoms with E-state index >= 15 is 0 Å². The molecule has 0 saturated carbocycles. The van der Waals surface area contributed by atoms with Crippen LogP contribution in [0.1, 0.15) is 36.8 Å². The van der Waals surface area contributed by atoms with Crippen LogP contribution in [0.25, 0.3) is 6.08 Å². The Bertz CT molecular complexity index is 511. The number of rotatable bonds is 8. The first kappa shape index (κ1) is 17.7. The number of hydrogen-bond acceptors (Lipinski definition) is 3. The van der Waals surface area contributed by atoms with Gasteiger partial charge in [0.15, 0.2) is 0 Å². The summed E-state index contributed by atoms with van der Waals surface area (Å²) in [6.45, 7) is 5.12. The summed E-state index contributed by atoms with van der Waals surface area (Å²) in [6, 6.07) is 8.44. The maximum absolute atomic E-state index is 11.8. The molecular formula is C19H28N2O2. The van der Waals surface area contributed by atoms with Crippen molar-refractivity contribution in [1.82, 2.24) is 10.2 Å². The number of benzene rings is 1. The fourth-order valence-electron chi connectivity index (χ4n) is 2.96. The van der Waals surface area contributed by atoms with Gasteiger partial charge in [-0.2, -0.15) is 0 Å².